The average Bonchev–Trinajstić information content (AvgIpc) is 2.66. The molecule has 0 aliphatic heterocycles. The van der Waals surface area contributed by atoms with Crippen LogP contribution in [0.2, 0.25) is 0 Å². The minimum atomic E-state index is -4.36. The van der Waals surface area contributed by atoms with Gasteiger partial charge in [-0.25, -0.2) is 22.3 Å². The van der Waals surface area contributed by atoms with Crippen LogP contribution in [-0.4, -0.2) is 13.6 Å². The van der Waals surface area contributed by atoms with Crippen LogP contribution in [0.4, 0.5) is 8.78 Å². The van der Waals surface area contributed by atoms with Crippen molar-refractivity contribution in [1.29, 1.82) is 0 Å². The van der Waals surface area contributed by atoms with Gasteiger partial charge in [0, 0.05) is 0 Å². The highest BCUT2D eigenvalue weighted by molar-refractivity contribution is 7.89. The van der Waals surface area contributed by atoms with Gasteiger partial charge in [0.15, 0.2) is 6.26 Å². The highest BCUT2D eigenvalue weighted by Gasteiger charge is 2.25. The lowest BCUT2D eigenvalue weighted by atomic mass is 10.1. The molecule has 2 rings (SSSR count). The van der Waals surface area contributed by atoms with Crippen LogP contribution in [0.5, 0.6) is 0 Å². The fraction of sp³-hybridized carbons (Fsp3) is 0. The zero-order valence-electron chi connectivity index (χ0n) is 8.67. The summed E-state index contributed by atoms with van der Waals surface area (Å²) in [7, 11) is -4.36. The third kappa shape index (κ3) is 2.05. The first-order valence-electron chi connectivity index (χ1n) is 4.50. The summed E-state index contributed by atoms with van der Waals surface area (Å²) < 4.78 is 54.1. The van der Waals surface area contributed by atoms with E-state index in [1.807, 2.05) is 0 Å². The number of benzene rings is 1. The number of rotatable bonds is 2. The third-order valence-corrected chi connectivity index (χ3v) is 3.12. The van der Waals surface area contributed by atoms with Crippen molar-refractivity contribution >= 4 is 10.0 Å². The number of nitrogens with two attached hydrogens (primary N) is 1. The van der Waals surface area contributed by atoms with Crippen LogP contribution in [0.3, 0.4) is 0 Å². The van der Waals surface area contributed by atoms with Crippen molar-refractivity contribution < 1.29 is 31.6 Å². The molecular formula is C9H7F2N2O4S+. The number of hydrogen-bond acceptors (Lipinski definition) is 4. The number of aromatic nitrogens is 1. The molecule has 0 fully saturated rings. The first-order chi connectivity index (χ1) is 8.30. The fourth-order valence-electron chi connectivity index (χ4n) is 1.39. The molecule has 0 bridgehead atoms. The Morgan fingerprint density at radius 2 is 1.94 bits per heavy atom. The van der Waals surface area contributed by atoms with Crippen molar-refractivity contribution in [2.24, 2.45) is 5.14 Å². The van der Waals surface area contributed by atoms with Crippen molar-refractivity contribution in [2.75, 3.05) is 0 Å². The molecule has 2 aromatic rings. The molecule has 0 spiro atoms. The Hall–Kier alpha value is -2.00. The summed E-state index contributed by atoms with van der Waals surface area (Å²) >= 11 is 0. The lowest BCUT2D eigenvalue weighted by Gasteiger charge is -2.02. The van der Waals surface area contributed by atoms with Gasteiger partial charge in [-0.15, -0.1) is 0 Å². The Bertz CT molecular complexity index is 711. The van der Waals surface area contributed by atoms with Crippen LogP contribution in [0.15, 0.2) is 34.1 Å². The number of halogens is 2. The van der Waals surface area contributed by atoms with Crippen molar-refractivity contribution in [3.05, 3.63) is 36.4 Å². The summed E-state index contributed by atoms with van der Waals surface area (Å²) in [6, 6.07) is 1.04. The number of sulfonamides is 1. The van der Waals surface area contributed by atoms with Crippen LogP contribution in [0.1, 0.15) is 0 Å². The second-order valence-electron chi connectivity index (χ2n) is 3.40. The van der Waals surface area contributed by atoms with Crippen molar-refractivity contribution in [3.8, 4) is 11.3 Å². The normalized spacial score (nSPS) is 11.7. The minimum Gasteiger partial charge on any atom is -0.408 e. The predicted octanol–water partition coefficient (Wildman–Crippen LogP) is 0.397. The zero-order chi connectivity index (χ0) is 13.5. The Labute approximate surface area is 99.9 Å². The SMILES string of the molecule is NS(=O)(=O)c1cc(F)c(-c2coc[n+]2O)cc1F. The lowest BCUT2D eigenvalue weighted by Crippen LogP contribution is -2.29. The summed E-state index contributed by atoms with van der Waals surface area (Å²) in [6.07, 6.45) is 1.81. The highest BCUT2D eigenvalue weighted by atomic mass is 32.2. The highest BCUT2D eigenvalue weighted by Crippen LogP contribution is 2.25. The van der Waals surface area contributed by atoms with Gasteiger partial charge in [-0.1, -0.05) is 0 Å². The Morgan fingerprint density at radius 3 is 2.44 bits per heavy atom. The monoisotopic (exact) mass is 277 g/mol. The molecule has 0 atom stereocenters. The quantitative estimate of drug-likeness (QED) is 0.613. The summed E-state index contributed by atoms with van der Waals surface area (Å²) in [4.78, 5) is -0.961. The Kier molecular flexibility index (Phi) is 2.79. The smallest absolute Gasteiger partial charge is 0.385 e. The average molecular weight is 277 g/mol. The largest absolute Gasteiger partial charge is 0.408 e. The van der Waals surface area contributed by atoms with Gasteiger partial charge in [0.1, 0.15) is 16.5 Å². The van der Waals surface area contributed by atoms with E-state index in [1.54, 1.807) is 0 Å². The van der Waals surface area contributed by atoms with Crippen LogP contribution in [0.25, 0.3) is 11.3 Å². The summed E-state index contributed by atoms with van der Waals surface area (Å²) in [5, 5.41) is 14.0. The topological polar surface area (TPSA) is 97.4 Å². The fourth-order valence-corrected chi connectivity index (χ4v) is 1.99. The van der Waals surface area contributed by atoms with Gasteiger partial charge in [-0.05, 0) is 12.1 Å². The van der Waals surface area contributed by atoms with Crippen molar-refractivity contribution in [3.63, 3.8) is 0 Å². The van der Waals surface area contributed by atoms with Gasteiger partial charge in [0.25, 0.3) is 0 Å². The first-order valence-corrected chi connectivity index (χ1v) is 6.04. The molecule has 18 heavy (non-hydrogen) atoms. The molecule has 0 saturated heterocycles. The summed E-state index contributed by atoms with van der Waals surface area (Å²) in [6.45, 7) is 0. The standard InChI is InChI=1S/C9H7F2N2O4S/c10-6-2-9(18(12,15)16)7(11)1-5(6)8-3-17-4-13(8)14/h1-4,14H,(H2,12,15,16)/q+1. The van der Waals surface area contributed by atoms with E-state index < -0.39 is 26.6 Å². The molecule has 0 radical (unpaired) electrons. The van der Waals surface area contributed by atoms with Gasteiger partial charge >= 0.3 is 12.1 Å². The molecule has 1 aromatic carbocycles. The minimum absolute atomic E-state index is 0.174. The third-order valence-electron chi connectivity index (χ3n) is 2.19. The molecule has 0 amide bonds. The van der Waals surface area contributed by atoms with Gasteiger partial charge < -0.3 is 4.42 Å². The van der Waals surface area contributed by atoms with Gasteiger partial charge in [-0.3, -0.25) is 5.21 Å². The summed E-state index contributed by atoms with van der Waals surface area (Å²) in [5.41, 5.74) is -0.538. The van der Waals surface area contributed by atoms with E-state index in [9.17, 15) is 22.4 Å². The first kappa shape index (κ1) is 12.5. The maximum atomic E-state index is 13.7. The molecule has 1 aromatic heterocycles. The lowest BCUT2D eigenvalue weighted by molar-refractivity contribution is -0.898. The molecule has 0 aliphatic carbocycles. The second kappa shape index (κ2) is 4.03. The molecule has 96 valence electrons. The molecule has 3 N–H and O–H groups in total. The van der Waals surface area contributed by atoms with E-state index >= 15 is 0 Å². The van der Waals surface area contributed by atoms with Crippen LogP contribution in [0, 0.1) is 11.6 Å². The second-order valence-corrected chi connectivity index (χ2v) is 4.93. The van der Waals surface area contributed by atoms with E-state index in [4.69, 9.17) is 5.14 Å². The van der Waals surface area contributed by atoms with E-state index in [0.29, 0.717) is 16.9 Å². The van der Waals surface area contributed by atoms with Gasteiger partial charge in [-0.2, -0.15) is 0 Å². The maximum absolute atomic E-state index is 13.7. The van der Waals surface area contributed by atoms with E-state index in [2.05, 4.69) is 4.42 Å². The van der Waals surface area contributed by atoms with E-state index in [1.165, 1.54) is 0 Å². The number of oxazole rings is 1. The maximum Gasteiger partial charge on any atom is 0.385 e. The Morgan fingerprint density at radius 1 is 1.28 bits per heavy atom. The molecule has 0 unspecified atom stereocenters. The predicted molar refractivity (Wildman–Crippen MR) is 52.8 cm³/mol. The van der Waals surface area contributed by atoms with Crippen LogP contribution >= 0.6 is 0 Å². The molecule has 0 saturated carbocycles. The van der Waals surface area contributed by atoms with Crippen LogP contribution in [-0.2, 0) is 10.0 Å². The molecule has 6 nitrogen and oxygen atoms in total. The van der Waals surface area contributed by atoms with Crippen LogP contribution < -0.4 is 9.87 Å². The summed E-state index contributed by atoms with van der Waals surface area (Å²) in [5.74, 6) is -2.29. The number of primary sulfonamides is 1. The van der Waals surface area contributed by atoms with Crippen molar-refractivity contribution in [2.45, 2.75) is 4.90 Å². The molecule has 0 aliphatic rings. The zero-order valence-corrected chi connectivity index (χ0v) is 9.49. The number of hydrogen-bond donors (Lipinski definition) is 2. The Balaban J connectivity index is 2.68. The van der Waals surface area contributed by atoms with Gasteiger partial charge in [0.2, 0.25) is 10.0 Å². The molecule has 1 heterocycles. The molecular weight excluding hydrogens is 270 g/mol. The van der Waals surface area contributed by atoms with E-state index in [0.717, 1.165) is 12.7 Å². The number of nitrogens with zero attached hydrogens (tertiary/aromatic N) is 1. The van der Waals surface area contributed by atoms with Gasteiger partial charge in [0.05, 0.1) is 10.3 Å². The molecule has 9 heteroatoms. The van der Waals surface area contributed by atoms with Crippen molar-refractivity contribution in [1.82, 2.24) is 0 Å². The van der Waals surface area contributed by atoms with E-state index in [-0.39, 0.29) is 11.3 Å².